The Bertz CT molecular complexity index is 1820. The van der Waals surface area contributed by atoms with Crippen molar-refractivity contribution in [1.82, 2.24) is 9.97 Å². The second kappa shape index (κ2) is 11.6. The number of fused-ring (bicyclic) bond motifs is 1. The molecule has 0 N–H and O–H groups in total. The van der Waals surface area contributed by atoms with Crippen molar-refractivity contribution >= 4 is 32.8 Å². The van der Waals surface area contributed by atoms with E-state index in [4.69, 9.17) is 14.1 Å². The van der Waals surface area contributed by atoms with Crippen LogP contribution in [0.15, 0.2) is 96.0 Å². The van der Waals surface area contributed by atoms with Gasteiger partial charge in [-0.1, -0.05) is 36.4 Å². The van der Waals surface area contributed by atoms with E-state index in [2.05, 4.69) is 15.9 Å². The van der Waals surface area contributed by atoms with E-state index in [-0.39, 0.29) is 0 Å². The first-order valence-corrected chi connectivity index (χ1v) is 15.5. The Morgan fingerprint density at radius 1 is 0.805 bits per heavy atom. The molecule has 210 valence electrons. The summed E-state index contributed by atoms with van der Waals surface area (Å²) in [6.45, 7) is 3.47. The number of nitrogens with zero attached hydrogens (tertiary/aromatic N) is 2. The Kier molecular flexibility index (Phi) is 8.15. The Labute approximate surface area is 244 Å². The molecule has 0 amide bonds. The first kappa shape index (κ1) is 28.8. The third-order valence-electron chi connectivity index (χ3n) is 7.22. The van der Waals surface area contributed by atoms with Crippen LogP contribution in [0.5, 0.6) is 5.88 Å². The van der Waals surface area contributed by atoms with Gasteiger partial charge in [-0.25, -0.2) is 18.3 Å². The number of ether oxygens (including phenoxy) is 1. The highest BCUT2D eigenvalue weighted by atomic mass is 32.2. The largest absolute Gasteiger partial charge is 0.481 e. The van der Waals surface area contributed by atoms with Gasteiger partial charge in [0.15, 0.2) is 9.84 Å². The molecule has 0 radical (unpaired) electrons. The van der Waals surface area contributed by atoms with Crippen molar-refractivity contribution in [2.24, 2.45) is 0 Å². The highest BCUT2D eigenvalue weighted by Crippen LogP contribution is 2.39. The molecule has 0 aliphatic carbocycles. The number of hydrogen-bond acceptors (Lipinski definition) is 8. The summed E-state index contributed by atoms with van der Waals surface area (Å²) >= 11 is 1.13. The Morgan fingerprint density at radius 2 is 1.54 bits per heavy atom. The molecule has 0 aliphatic heterocycles. The molecule has 0 fully saturated rings. The van der Waals surface area contributed by atoms with Gasteiger partial charge in [-0.3, -0.25) is 4.98 Å². The topological polar surface area (TPSA) is 87.6 Å². The fraction of sp³-hybridized carbons (Fsp3) is 0.188. The summed E-state index contributed by atoms with van der Waals surface area (Å²) in [6, 6.07) is 27.5. The van der Waals surface area contributed by atoms with Gasteiger partial charge in [0.05, 0.1) is 42.2 Å². The molecule has 7 nitrogen and oxygen atoms in total. The van der Waals surface area contributed by atoms with Gasteiger partial charge >= 0.3 is 0 Å². The van der Waals surface area contributed by atoms with Crippen LogP contribution in [-0.4, -0.2) is 38.9 Å². The van der Waals surface area contributed by atoms with Crippen LogP contribution in [0.1, 0.15) is 19.4 Å². The summed E-state index contributed by atoms with van der Waals surface area (Å²) in [5.41, 5.74) is 6.84. The van der Waals surface area contributed by atoms with Crippen molar-refractivity contribution < 1.29 is 22.4 Å². The maximum atomic E-state index is 12.7. The van der Waals surface area contributed by atoms with Gasteiger partial charge in [-0.05, 0) is 73.0 Å². The predicted octanol–water partition coefficient (Wildman–Crippen LogP) is 7.50. The van der Waals surface area contributed by atoms with E-state index in [1.807, 2.05) is 78.9 Å². The number of pyridine rings is 2. The number of benzene rings is 3. The smallest absolute Gasteiger partial charge is 0.213 e. The van der Waals surface area contributed by atoms with Gasteiger partial charge in [0.25, 0.3) is 0 Å². The van der Waals surface area contributed by atoms with Crippen molar-refractivity contribution in [1.29, 1.82) is 0 Å². The van der Waals surface area contributed by atoms with Crippen LogP contribution in [0, 0.1) is 0 Å². The van der Waals surface area contributed by atoms with Crippen LogP contribution < -0.4 is 4.74 Å². The lowest BCUT2D eigenvalue weighted by atomic mass is 9.91. The zero-order valence-corrected chi connectivity index (χ0v) is 25.0. The van der Waals surface area contributed by atoms with E-state index >= 15 is 0 Å². The maximum absolute atomic E-state index is 12.7. The number of aromatic nitrogens is 2. The zero-order valence-electron chi connectivity index (χ0n) is 23.4. The van der Waals surface area contributed by atoms with Gasteiger partial charge in [0.1, 0.15) is 0 Å². The average molecular weight is 587 g/mol. The minimum absolute atomic E-state index is 0.506. The molecule has 0 saturated heterocycles. The van der Waals surface area contributed by atoms with Crippen LogP contribution in [0.2, 0.25) is 0 Å². The maximum Gasteiger partial charge on any atom is 0.213 e. The Balaban J connectivity index is 1.66. The van der Waals surface area contributed by atoms with Crippen LogP contribution in [0.3, 0.4) is 0 Å². The molecule has 0 spiro atoms. The SMILES string of the molecule is COOSc1ccc(-c2nc(OC)ccc2-c2cccc(-c3cc(C(C)(C)S(C)(=O)=O)cc4cccnc34)c2)cc1. The summed E-state index contributed by atoms with van der Waals surface area (Å²) in [5.74, 6) is 0.506. The first-order chi connectivity index (χ1) is 19.6. The van der Waals surface area contributed by atoms with Crippen molar-refractivity contribution in [3.63, 3.8) is 0 Å². The molecule has 2 aromatic heterocycles. The molecule has 41 heavy (non-hydrogen) atoms. The van der Waals surface area contributed by atoms with Crippen LogP contribution >= 0.6 is 12.0 Å². The lowest BCUT2D eigenvalue weighted by Crippen LogP contribution is -2.28. The van der Waals surface area contributed by atoms with Gasteiger partial charge in [0.2, 0.25) is 5.88 Å². The number of rotatable bonds is 9. The highest BCUT2D eigenvalue weighted by molar-refractivity contribution is 7.94. The molecule has 0 saturated carbocycles. The summed E-state index contributed by atoms with van der Waals surface area (Å²) < 4.78 is 34.8. The van der Waals surface area contributed by atoms with Gasteiger partial charge in [-0.15, -0.1) is 0 Å². The van der Waals surface area contributed by atoms with Crippen molar-refractivity contribution in [2.75, 3.05) is 20.5 Å². The molecular formula is C32H30N2O5S2. The van der Waals surface area contributed by atoms with E-state index in [1.165, 1.54) is 13.4 Å². The molecule has 0 aliphatic rings. The molecule has 2 heterocycles. The molecule has 0 bridgehead atoms. The van der Waals surface area contributed by atoms with E-state index < -0.39 is 14.6 Å². The minimum atomic E-state index is -3.38. The molecule has 9 heteroatoms. The molecule has 3 aromatic carbocycles. The first-order valence-electron chi connectivity index (χ1n) is 12.8. The fourth-order valence-electron chi connectivity index (χ4n) is 4.58. The number of sulfone groups is 1. The summed E-state index contributed by atoms with van der Waals surface area (Å²) in [4.78, 5) is 15.0. The quantitative estimate of drug-likeness (QED) is 0.0997. The van der Waals surface area contributed by atoms with Gasteiger partial charge < -0.3 is 4.74 Å². The zero-order chi connectivity index (χ0) is 29.2. The molecule has 5 aromatic rings. The predicted molar refractivity (Wildman–Crippen MR) is 164 cm³/mol. The summed E-state index contributed by atoms with van der Waals surface area (Å²) in [5, 5.41) is 0.879. The van der Waals surface area contributed by atoms with Crippen LogP contribution in [-0.2, 0) is 23.8 Å². The van der Waals surface area contributed by atoms with Crippen molar-refractivity contribution in [3.8, 4) is 39.4 Å². The van der Waals surface area contributed by atoms with Gasteiger partial charge in [-0.2, -0.15) is 4.33 Å². The van der Waals surface area contributed by atoms with E-state index in [0.29, 0.717) is 11.4 Å². The minimum Gasteiger partial charge on any atom is -0.481 e. The molecule has 0 atom stereocenters. The number of methoxy groups -OCH3 is 1. The third-order valence-corrected chi connectivity index (χ3v) is 9.97. The summed E-state index contributed by atoms with van der Waals surface area (Å²) in [7, 11) is -0.326. The molecule has 0 unspecified atom stereocenters. The van der Waals surface area contributed by atoms with E-state index in [0.717, 1.165) is 61.4 Å². The van der Waals surface area contributed by atoms with E-state index in [9.17, 15) is 8.42 Å². The lowest BCUT2D eigenvalue weighted by molar-refractivity contribution is -0.160. The lowest BCUT2D eigenvalue weighted by Gasteiger charge is -2.24. The van der Waals surface area contributed by atoms with Gasteiger partial charge in [0, 0.05) is 45.5 Å². The van der Waals surface area contributed by atoms with E-state index in [1.54, 1.807) is 27.2 Å². The normalized spacial score (nSPS) is 12.0. The Hall–Kier alpha value is -3.76. The molecule has 5 rings (SSSR count). The van der Waals surface area contributed by atoms with Crippen LogP contribution in [0.25, 0.3) is 44.4 Å². The monoisotopic (exact) mass is 586 g/mol. The standard InChI is InChI=1S/C32H30N2O5S2/c1-32(2,41(5,35)36)25-19-24-10-7-17-33-30(24)28(20-25)23-9-6-8-22(18-23)27-15-16-29(37-3)34-31(27)21-11-13-26(14-12-21)40-39-38-4/h6-20H,1-5H3. The fourth-order valence-corrected chi connectivity index (χ4v) is 5.52. The Morgan fingerprint density at radius 3 is 2.22 bits per heavy atom. The molecular weight excluding hydrogens is 556 g/mol. The highest BCUT2D eigenvalue weighted by Gasteiger charge is 2.33. The average Bonchev–Trinajstić information content (AvgIpc) is 2.99. The second-order valence-corrected chi connectivity index (χ2v) is 13.4. The van der Waals surface area contributed by atoms with Crippen molar-refractivity contribution in [3.05, 3.63) is 96.7 Å². The number of hydrogen-bond donors (Lipinski definition) is 0. The second-order valence-electron chi connectivity index (χ2n) is 10.1. The third kappa shape index (κ3) is 5.85. The van der Waals surface area contributed by atoms with Crippen molar-refractivity contribution in [2.45, 2.75) is 23.5 Å². The van der Waals surface area contributed by atoms with Crippen LogP contribution in [0.4, 0.5) is 0 Å². The summed E-state index contributed by atoms with van der Waals surface area (Å²) in [6.07, 6.45) is 3.02.